The Kier molecular flexibility index (Phi) is 4.95. The molecule has 0 saturated carbocycles. The minimum Gasteiger partial charge on any atom is -0.496 e. The van der Waals surface area contributed by atoms with E-state index in [1.54, 1.807) is 18.2 Å². The zero-order valence-corrected chi connectivity index (χ0v) is 13.2. The summed E-state index contributed by atoms with van der Waals surface area (Å²) in [7, 11) is 2.79. The summed E-state index contributed by atoms with van der Waals surface area (Å²) in [6.07, 6.45) is 1.42. The quantitative estimate of drug-likeness (QED) is 0.622. The van der Waals surface area contributed by atoms with Crippen LogP contribution in [0, 0.1) is 0 Å². The van der Waals surface area contributed by atoms with Gasteiger partial charge in [-0.1, -0.05) is 0 Å². The second kappa shape index (κ2) is 6.91. The molecular formula is C17H17NO5. The van der Waals surface area contributed by atoms with Crippen LogP contribution in [0.15, 0.2) is 41.3 Å². The number of rotatable bonds is 5. The molecule has 0 spiro atoms. The highest BCUT2D eigenvalue weighted by atomic mass is 16.5. The molecule has 2 aromatic rings. The fourth-order valence-corrected chi connectivity index (χ4v) is 2.20. The Bertz CT molecular complexity index is 807. The van der Waals surface area contributed by atoms with E-state index in [9.17, 15) is 14.4 Å². The number of hydrogen-bond donors (Lipinski definition) is 0. The van der Waals surface area contributed by atoms with Crippen LogP contribution in [0.25, 0.3) is 0 Å². The van der Waals surface area contributed by atoms with Crippen molar-refractivity contribution in [1.82, 2.24) is 4.57 Å². The molecule has 0 amide bonds. The van der Waals surface area contributed by atoms with Gasteiger partial charge in [0.2, 0.25) is 0 Å². The van der Waals surface area contributed by atoms with Gasteiger partial charge in [0, 0.05) is 23.4 Å². The largest absolute Gasteiger partial charge is 0.496 e. The molecule has 0 atom stereocenters. The summed E-state index contributed by atoms with van der Waals surface area (Å²) in [4.78, 5) is 35.1. The van der Waals surface area contributed by atoms with E-state index >= 15 is 0 Å². The average Bonchev–Trinajstić information content (AvgIpc) is 2.55. The molecular weight excluding hydrogens is 298 g/mol. The van der Waals surface area contributed by atoms with E-state index in [1.165, 1.54) is 44.0 Å². The standard InChI is InChI=1S/C17H17NO5/c1-11(19)12-4-6-15(22-2)14(8-12)10-18-9-13(17(21)23-3)5-7-16(18)20/h4-9H,10H2,1-3H3. The number of esters is 1. The Morgan fingerprint density at radius 2 is 1.78 bits per heavy atom. The van der Waals surface area contributed by atoms with Gasteiger partial charge in [-0.2, -0.15) is 0 Å². The number of carbonyl (C=O) groups excluding carboxylic acids is 2. The van der Waals surface area contributed by atoms with E-state index in [0.29, 0.717) is 16.9 Å². The van der Waals surface area contributed by atoms with Crippen LogP contribution in [0.2, 0.25) is 0 Å². The Morgan fingerprint density at radius 3 is 2.39 bits per heavy atom. The second-order valence-corrected chi connectivity index (χ2v) is 4.96. The zero-order chi connectivity index (χ0) is 17.0. The van der Waals surface area contributed by atoms with Crippen molar-refractivity contribution in [2.24, 2.45) is 0 Å². The van der Waals surface area contributed by atoms with Crippen LogP contribution >= 0.6 is 0 Å². The van der Waals surface area contributed by atoms with Crippen LogP contribution < -0.4 is 10.3 Å². The number of methoxy groups -OCH3 is 2. The van der Waals surface area contributed by atoms with E-state index in [-0.39, 0.29) is 23.5 Å². The van der Waals surface area contributed by atoms with Gasteiger partial charge in [0.25, 0.3) is 5.56 Å². The predicted molar refractivity (Wildman–Crippen MR) is 84.1 cm³/mol. The molecule has 0 N–H and O–H groups in total. The highest BCUT2D eigenvalue weighted by Crippen LogP contribution is 2.21. The minimum absolute atomic E-state index is 0.0791. The van der Waals surface area contributed by atoms with E-state index in [1.807, 2.05) is 0 Å². The summed E-state index contributed by atoms with van der Waals surface area (Å²) >= 11 is 0. The van der Waals surface area contributed by atoms with Crippen molar-refractivity contribution >= 4 is 11.8 Å². The third kappa shape index (κ3) is 3.66. The summed E-state index contributed by atoms with van der Waals surface area (Å²) in [5.74, 6) is -0.0434. The van der Waals surface area contributed by atoms with Gasteiger partial charge in [-0.05, 0) is 31.2 Å². The number of hydrogen-bond acceptors (Lipinski definition) is 5. The van der Waals surface area contributed by atoms with Gasteiger partial charge in [0.1, 0.15) is 5.75 Å². The van der Waals surface area contributed by atoms with E-state index in [4.69, 9.17) is 4.74 Å². The maximum Gasteiger partial charge on any atom is 0.339 e. The lowest BCUT2D eigenvalue weighted by Gasteiger charge is -2.12. The highest BCUT2D eigenvalue weighted by Gasteiger charge is 2.11. The topological polar surface area (TPSA) is 74.6 Å². The lowest BCUT2D eigenvalue weighted by molar-refractivity contribution is 0.0599. The molecule has 6 nitrogen and oxygen atoms in total. The highest BCUT2D eigenvalue weighted by molar-refractivity contribution is 5.94. The molecule has 1 aromatic carbocycles. The van der Waals surface area contributed by atoms with Gasteiger partial charge < -0.3 is 14.0 Å². The van der Waals surface area contributed by atoms with Crippen LogP contribution in [0.3, 0.4) is 0 Å². The summed E-state index contributed by atoms with van der Waals surface area (Å²) in [6, 6.07) is 7.74. The van der Waals surface area contributed by atoms with Crippen molar-refractivity contribution in [3.63, 3.8) is 0 Å². The lowest BCUT2D eigenvalue weighted by atomic mass is 10.1. The van der Waals surface area contributed by atoms with Crippen LogP contribution in [0.5, 0.6) is 5.75 Å². The minimum atomic E-state index is -0.525. The number of pyridine rings is 1. The van der Waals surface area contributed by atoms with Gasteiger partial charge in [-0.3, -0.25) is 9.59 Å². The SMILES string of the molecule is COC(=O)c1ccc(=O)n(Cc2cc(C(C)=O)ccc2OC)c1. The number of benzene rings is 1. The molecule has 23 heavy (non-hydrogen) atoms. The number of Topliss-reactive ketones (excluding diaryl/α,β-unsaturated/α-hetero) is 1. The molecule has 0 fully saturated rings. The molecule has 6 heteroatoms. The van der Waals surface area contributed by atoms with Crippen LogP contribution in [0.1, 0.15) is 33.2 Å². The van der Waals surface area contributed by atoms with Crippen molar-refractivity contribution in [3.05, 3.63) is 63.6 Å². The summed E-state index contributed by atoms with van der Waals surface area (Å²) < 4.78 is 11.3. The van der Waals surface area contributed by atoms with Crippen LogP contribution in [-0.2, 0) is 11.3 Å². The maximum atomic E-state index is 12.0. The first kappa shape index (κ1) is 16.5. The van der Waals surface area contributed by atoms with Gasteiger partial charge in [-0.25, -0.2) is 4.79 Å². The zero-order valence-electron chi connectivity index (χ0n) is 13.2. The normalized spacial score (nSPS) is 10.2. The van der Waals surface area contributed by atoms with Gasteiger partial charge in [0.05, 0.1) is 26.3 Å². The molecule has 120 valence electrons. The molecule has 0 bridgehead atoms. The van der Waals surface area contributed by atoms with Crippen molar-refractivity contribution in [3.8, 4) is 5.75 Å². The predicted octanol–water partition coefficient (Wildman–Crippen LogP) is 1.89. The third-order valence-corrected chi connectivity index (χ3v) is 3.43. The van der Waals surface area contributed by atoms with Crippen LogP contribution in [-0.4, -0.2) is 30.5 Å². The summed E-state index contributed by atoms with van der Waals surface area (Å²) in [5.41, 5.74) is 1.20. The Balaban J connectivity index is 2.46. The first-order chi connectivity index (χ1) is 11.0. The van der Waals surface area contributed by atoms with E-state index in [2.05, 4.69) is 4.74 Å². The molecule has 2 rings (SSSR count). The molecule has 0 radical (unpaired) electrons. The molecule has 0 saturated heterocycles. The second-order valence-electron chi connectivity index (χ2n) is 4.96. The monoisotopic (exact) mass is 315 g/mol. The first-order valence-corrected chi connectivity index (χ1v) is 6.93. The van der Waals surface area contributed by atoms with Crippen LogP contribution in [0.4, 0.5) is 0 Å². The molecule has 1 heterocycles. The van der Waals surface area contributed by atoms with E-state index in [0.717, 1.165) is 0 Å². The molecule has 0 aliphatic rings. The van der Waals surface area contributed by atoms with Gasteiger partial charge in [0.15, 0.2) is 5.78 Å². The van der Waals surface area contributed by atoms with Crippen molar-refractivity contribution in [2.75, 3.05) is 14.2 Å². The number of carbonyl (C=O) groups is 2. The number of nitrogens with zero attached hydrogens (tertiary/aromatic N) is 1. The fourth-order valence-electron chi connectivity index (χ4n) is 2.20. The number of ketones is 1. The van der Waals surface area contributed by atoms with Crippen molar-refractivity contribution in [1.29, 1.82) is 0 Å². The number of aromatic nitrogens is 1. The Labute approximate surface area is 133 Å². The molecule has 0 aliphatic heterocycles. The molecule has 0 unspecified atom stereocenters. The Hall–Kier alpha value is -2.89. The molecule has 0 aliphatic carbocycles. The fraction of sp³-hybridized carbons (Fsp3) is 0.235. The molecule has 1 aromatic heterocycles. The van der Waals surface area contributed by atoms with Crippen molar-refractivity contribution in [2.45, 2.75) is 13.5 Å². The summed E-state index contributed by atoms with van der Waals surface area (Å²) in [6.45, 7) is 1.64. The smallest absolute Gasteiger partial charge is 0.339 e. The first-order valence-electron chi connectivity index (χ1n) is 6.93. The van der Waals surface area contributed by atoms with E-state index < -0.39 is 5.97 Å². The Morgan fingerprint density at radius 1 is 1.09 bits per heavy atom. The average molecular weight is 315 g/mol. The third-order valence-electron chi connectivity index (χ3n) is 3.43. The lowest BCUT2D eigenvalue weighted by Crippen LogP contribution is -2.21. The summed E-state index contributed by atoms with van der Waals surface area (Å²) in [5, 5.41) is 0. The van der Waals surface area contributed by atoms with Gasteiger partial charge in [-0.15, -0.1) is 0 Å². The maximum absolute atomic E-state index is 12.0. The number of ether oxygens (including phenoxy) is 2. The van der Waals surface area contributed by atoms with Gasteiger partial charge >= 0.3 is 5.97 Å². The van der Waals surface area contributed by atoms with Crippen molar-refractivity contribution < 1.29 is 19.1 Å².